The Bertz CT molecular complexity index is 703. The first-order valence-electron chi connectivity index (χ1n) is 10.2. The van der Waals surface area contributed by atoms with Gasteiger partial charge in [-0.25, -0.2) is 4.18 Å². The van der Waals surface area contributed by atoms with E-state index in [9.17, 15) is 13.2 Å². The van der Waals surface area contributed by atoms with Gasteiger partial charge in [-0.05, 0) is 80.0 Å². The highest BCUT2D eigenvalue weighted by molar-refractivity contribution is 7.80. The van der Waals surface area contributed by atoms with E-state index >= 15 is 0 Å². The molecule has 4 aliphatic rings. The smallest absolute Gasteiger partial charge is 0.299 e. The molecule has 0 heterocycles. The molecule has 0 radical (unpaired) electrons. The summed E-state index contributed by atoms with van der Waals surface area (Å²) in [5.74, 6) is 3.04. The van der Waals surface area contributed by atoms with Crippen molar-refractivity contribution in [3.8, 4) is 0 Å². The first-order valence-corrected chi connectivity index (χ1v) is 11.6. The molecule has 4 saturated carbocycles. The van der Waals surface area contributed by atoms with Gasteiger partial charge in [0.15, 0.2) is 0 Å². The third-order valence-corrected chi connectivity index (χ3v) is 9.67. The monoisotopic (exact) mass is 384 g/mol. The van der Waals surface area contributed by atoms with Gasteiger partial charge in [0.25, 0.3) is 0 Å². The van der Waals surface area contributed by atoms with Gasteiger partial charge in [0, 0.05) is 11.8 Å². The predicted molar refractivity (Wildman–Crippen MR) is 97.7 cm³/mol. The van der Waals surface area contributed by atoms with Crippen molar-refractivity contribution in [2.45, 2.75) is 78.2 Å². The third kappa shape index (κ3) is 2.70. The highest BCUT2D eigenvalue weighted by atomic mass is 32.3. The van der Waals surface area contributed by atoms with Crippen LogP contribution in [0.3, 0.4) is 0 Å². The Labute approximate surface area is 157 Å². The topological polar surface area (TPSA) is 80.7 Å². The van der Waals surface area contributed by atoms with Crippen LogP contribution in [-0.2, 0) is 19.4 Å². The fraction of sp³-hybridized carbons (Fsp3) is 0.950. The molecule has 4 rings (SSSR count). The average molecular weight is 385 g/mol. The summed E-state index contributed by atoms with van der Waals surface area (Å²) in [6.45, 7) is 6.84. The van der Waals surface area contributed by atoms with Crippen LogP contribution in [0.25, 0.3) is 0 Å². The Morgan fingerprint density at radius 2 is 1.81 bits per heavy atom. The lowest BCUT2D eigenvalue weighted by atomic mass is 9.43. The van der Waals surface area contributed by atoms with Crippen molar-refractivity contribution < 1.29 is 21.9 Å². The van der Waals surface area contributed by atoms with Gasteiger partial charge >= 0.3 is 10.4 Å². The molecule has 0 bridgehead atoms. The number of Topliss-reactive ketones (excluding diaryl/α,β-unsaturated/α-hetero) is 1. The van der Waals surface area contributed by atoms with Crippen molar-refractivity contribution >= 4 is 16.2 Å². The van der Waals surface area contributed by atoms with Crippen LogP contribution >= 0.6 is 0 Å². The number of carbonyl (C=O) groups is 1. The summed E-state index contributed by atoms with van der Waals surface area (Å²) in [7, 11) is -4.39. The highest BCUT2D eigenvalue weighted by Gasteiger charge is 2.61. The van der Waals surface area contributed by atoms with E-state index in [4.69, 9.17) is 8.74 Å². The molecule has 0 aromatic heterocycles. The zero-order chi connectivity index (χ0) is 18.9. The first-order chi connectivity index (χ1) is 12.1. The average Bonchev–Trinajstić information content (AvgIpc) is 2.83. The summed E-state index contributed by atoms with van der Waals surface area (Å²) in [6.07, 6.45) is 7.14. The molecule has 6 heteroatoms. The molecule has 1 unspecified atom stereocenters. The van der Waals surface area contributed by atoms with Crippen molar-refractivity contribution in [2.24, 2.45) is 40.4 Å². The maximum Gasteiger partial charge on any atom is 0.397 e. The Morgan fingerprint density at radius 3 is 2.50 bits per heavy atom. The van der Waals surface area contributed by atoms with E-state index in [1.54, 1.807) is 0 Å². The Kier molecular flexibility index (Phi) is 4.37. The molecule has 4 fully saturated rings. The van der Waals surface area contributed by atoms with Gasteiger partial charge in [0.1, 0.15) is 5.78 Å². The van der Waals surface area contributed by atoms with Gasteiger partial charge in [-0.3, -0.25) is 9.35 Å². The number of ketones is 1. The van der Waals surface area contributed by atoms with Crippen molar-refractivity contribution in [1.82, 2.24) is 0 Å². The summed E-state index contributed by atoms with van der Waals surface area (Å²) >= 11 is 0. The van der Waals surface area contributed by atoms with Crippen molar-refractivity contribution in [3.63, 3.8) is 0 Å². The van der Waals surface area contributed by atoms with Crippen molar-refractivity contribution in [2.75, 3.05) is 0 Å². The van der Waals surface area contributed by atoms with E-state index in [0.29, 0.717) is 48.2 Å². The summed E-state index contributed by atoms with van der Waals surface area (Å²) in [5.41, 5.74) is 0.0772. The van der Waals surface area contributed by atoms with E-state index in [1.165, 1.54) is 0 Å². The van der Waals surface area contributed by atoms with Crippen LogP contribution in [0.15, 0.2) is 0 Å². The molecule has 0 aromatic carbocycles. The second kappa shape index (κ2) is 6.02. The molecule has 5 nitrogen and oxygen atoms in total. The summed E-state index contributed by atoms with van der Waals surface area (Å²) in [5, 5.41) is 0. The number of hydrogen-bond donors (Lipinski definition) is 1. The second-order valence-electron chi connectivity index (χ2n) is 9.95. The fourth-order valence-electron chi connectivity index (χ4n) is 7.69. The Morgan fingerprint density at radius 1 is 1.08 bits per heavy atom. The summed E-state index contributed by atoms with van der Waals surface area (Å²) < 4.78 is 36.4. The van der Waals surface area contributed by atoms with E-state index in [0.717, 1.165) is 38.5 Å². The lowest BCUT2D eigenvalue weighted by molar-refractivity contribution is -0.153. The van der Waals surface area contributed by atoms with E-state index in [-0.39, 0.29) is 10.8 Å². The molecule has 8 atom stereocenters. The quantitative estimate of drug-likeness (QED) is 0.727. The van der Waals surface area contributed by atoms with Gasteiger partial charge in [0.05, 0.1) is 6.10 Å². The van der Waals surface area contributed by atoms with Crippen LogP contribution < -0.4 is 0 Å². The van der Waals surface area contributed by atoms with Gasteiger partial charge < -0.3 is 0 Å². The van der Waals surface area contributed by atoms with Gasteiger partial charge in [-0.2, -0.15) is 8.42 Å². The van der Waals surface area contributed by atoms with Gasteiger partial charge in [-0.1, -0.05) is 20.8 Å². The highest BCUT2D eigenvalue weighted by Crippen LogP contribution is 2.66. The molecule has 148 valence electrons. The number of carbonyl (C=O) groups excluding carboxylic acids is 1. The zero-order valence-electron chi connectivity index (χ0n) is 16.1. The molecule has 0 saturated heterocycles. The predicted octanol–water partition coefficient (Wildman–Crippen LogP) is 4.03. The third-order valence-electron chi connectivity index (χ3n) is 9.16. The molecule has 0 aliphatic heterocycles. The first kappa shape index (κ1) is 18.9. The lowest BCUT2D eigenvalue weighted by Crippen LogP contribution is -2.57. The SMILES string of the molecule is CC1C[C@H](OS(=O)(=O)O)C[C@@H]2CC[C@@H]3[C@H](CC[C@]4(C)C(=O)CC[C@@H]34)[C@@]12C. The van der Waals surface area contributed by atoms with Crippen LogP contribution in [0.5, 0.6) is 0 Å². The summed E-state index contributed by atoms with van der Waals surface area (Å²) in [6, 6.07) is 0. The molecular weight excluding hydrogens is 352 g/mol. The van der Waals surface area contributed by atoms with E-state index < -0.39 is 16.5 Å². The van der Waals surface area contributed by atoms with Crippen LogP contribution in [0.1, 0.15) is 72.1 Å². The molecular formula is C20H32O5S. The van der Waals surface area contributed by atoms with Gasteiger partial charge in [0.2, 0.25) is 0 Å². The minimum atomic E-state index is -4.39. The number of fused-ring (bicyclic) bond motifs is 5. The maximum atomic E-state index is 12.5. The Balaban J connectivity index is 1.59. The minimum Gasteiger partial charge on any atom is -0.299 e. The summed E-state index contributed by atoms with van der Waals surface area (Å²) in [4.78, 5) is 12.5. The van der Waals surface area contributed by atoms with E-state index in [2.05, 4.69) is 20.8 Å². The van der Waals surface area contributed by atoms with Crippen LogP contribution in [-0.4, -0.2) is 24.9 Å². The van der Waals surface area contributed by atoms with E-state index in [1.807, 2.05) is 0 Å². The van der Waals surface area contributed by atoms with Crippen molar-refractivity contribution in [1.29, 1.82) is 0 Å². The molecule has 0 amide bonds. The lowest BCUT2D eigenvalue weighted by Gasteiger charge is -2.62. The molecule has 26 heavy (non-hydrogen) atoms. The van der Waals surface area contributed by atoms with Crippen LogP contribution in [0, 0.1) is 40.4 Å². The Hall–Kier alpha value is -0.460. The maximum absolute atomic E-state index is 12.5. The zero-order valence-corrected chi connectivity index (χ0v) is 16.9. The number of rotatable bonds is 2. The van der Waals surface area contributed by atoms with Crippen LogP contribution in [0.2, 0.25) is 0 Å². The largest absolute Gasteiger partial charge is 0.397 e. The molecule has 1 N–H and O–H groups in total. The molecule has 0 spiro atoms. The van der Waals surface area contributed by atoms with Crippen molar-refractivity contribution in [3.05, 3.63) is 0 Å². The van der Waals surface area contributed by atoms with Crippen LogP contribution in [0.4, 0.5) is 0 Å². The molecule has 4 aliphatic carbocycles. The normalized spacial score (nSPS) is 51.5. The van der Waals surface area contributed by atoms with Gasteiger partial charge in [-0.15, -0.1) is 0 Å². The molecule has 0 aromatic rings. The minimum absolute atomic E-state index is 0.0983. The number of hydrogen-bond acceptors (Lipinski definition) is 4. The fourth-order valence-corrected chi connectivity index (χ4v) is 8.19. The standard InChI is InChI=1S/C20H32O5S/c1-12-10-14(25-26(22,23)24)11-13-4-5-15-16-6-7-18(21)19(16,2)9-8-17(15)20(12,13)3/h12-17H,4-11H2,1-3H3,(H,22,23,24)/t12?,13-,14-,15-,16-,17-,19-,20-/m0/s1. The second-order valence-corrected chi connectivity index (χ2v) is 11.0.